The van der Waals surface area contributed by atoms with Crippen molar-refractivity contribution in [1.82, 2.24) is 0 Å². The van der Waals surface area contributed by atoms with E-state index in [0.29, 0.717) is 41.6 Å². The lowest BCUT2D eigenvalue weighted by atomic mass is 9.50. The van der Waals surface area contributed by atoms with Gasteiger partial charge < -0.3 is 9.47 Å². The van der Waals surface area contributed by atoms with Gasteiger partial charge >= 0.3 is 5.97 Å². The number of ketones is 1. The average molecular weight is 435 g/mol. The van der Waals surface area contributed by atoms with E-state index in [1.165, 1.54) is 11.1 Å². The van der Waals surface area contributed by atoms with Crippen LogP contribution in [-0.2, 0) is 14.3 Å². The van der Waals surface area contributed by atoms with Gasteiger partial charge in [-0.3, -0.25) is 4.79 Å². The van der Waals surface area contributed by atoms with E-state index in [9.17, 15) is 9.59 Å². The maximum atomic E-state index is 12.7. The molecule has 4 nitrogen and oxygen atoms in total. The third-order valence-electron chi connectivity index (χ3n) is 8.88. The van der Waals surface area contributed by atoms with Crippen molar-refractivity contribution in [2.75, 3.05) is 6.61 Å². The van der Waals surface area contributed by atoms with Crippen molar-refractivity contribution in [2.24, 2.45) is 29.1 Å². The fourth-order valence-corrected chi connectivity index (χ4v) is 7.60. The molecule has 0 radical (unpaired) electrons. The molecule has 4 heteroatoms. The van der Waals surface area contributed by atoms with Gasteiger partial charge in [-0.2, -0.15) is 0 Å². The lowest BCUT2D eigenvalue weighted by Crippen LogP contribution is -2.50. The Kier molecular flexibility index (Phi) is 5.73. The maximum absolute atomic E-state index is 12.7. The zero-order valence-electron chi connectivity index (χ0n) is 19.1. The van der Waals surface area contributed by atoms with E-state index in [1.54, 1.807) is 0 Å². The van der Waals surface area contributed by atoms with Gasteiger partial charge in [-0.1, -0.05) is 42.8 Å². The minimum Gasteiger partial charge on any atom is -0.482 e. The summed E-state index contributed by atoms with van der Waals surface area (Å²) in [6, 6.07) is 9.41. The third-order valence-corrected chi connectivity index (χ3v) is 8.88. The van der Waals surface area contributed by atoms with Crippen molar-refractivity contribution < 1.29 is 19.1 Å². The number of rotatable bonds is 5. The Morgan fingerprint density at radius 3 is 2.72 bits per heavy atom. The smallest absolute Gasteiger partial charge is 0.344 e. The zero-order chi connectivity index (χ0) is 22.3. The van der Waals surface area contributed by atoms with Crippen LogP contribution in [0.2, 0.25) is 0 Å². The highest BCUT2D eigenvalue weighted by Gasteiger charge is 2.60. The largest absolute Gasteiger partial charge is 0.482 e. The van der Waals surface area contributed by atoms with Crippen LogP contribution in [0, 0.1) is 29.1 Å². The van der Waals surface area contributed by atoms with Gasteiger partial charge in [0.15, 0.2) is 12.4 Å². The SMILES string of the molecule is C=C1CC2(CC)C(OC(=O)COc3ccccc3)CCC2C2CCC3=CC(=O)CCC3C12. The predicted octanol–water partition coefficient (Wildman–Crippen LogP) is 5.68. The van der Waals surface area contributed by atoms with Gasteiger partial charge in [0.1, 0.15) is 11.9 Å². The lowest BCUT2D eigenvalue weighted by molar-refractivity contribution is -0.161. The summed E-state index contributed by atoms with van der Waals surface area (Å²) in [4.78, 5) is 24.7. The molecule has 3 fully saturated rings. The monoisotopic (exact) mass is 434 g/mol. The molecule has 0 amide bonds. The summed E-state index contributed by atoms with van der Waals surface area (Å²) in [5, 5.41) is 0. The van der Waals surface area contributed by atoms with Gasteiger partial charge in [-0.15, -0.1) is 0 Å². The Morgan fingerprint density at radius 1 is 1.12 bits per heavy atom. The van der Waals surface area contributed by atoms with Crippen LogP contribution in [0.5, 0.6) is 5.75 Å². The highest BCUT2D eigenvalue weighted by atomic mass is 16.6. The zero-order valence-corrected chi connectivity index (χ0v) is 19.1. The van der Waals surface area contributed by atoms with E-state index in [4.69, 9.17) is 9.47 Å². The topological polar surface area (TPSA) is 52.6 Å². The molecule has 1 aromatic carbocycles. The molecule has 6 unspecified atom stereocenters. The first kappa shape index (κ1) is 21.5. The number of hydrogen-bond acceptors (Lipinski definition) is 4. The molecule has 0 N–H and O–H groups in total. The van der Waals surface area contributed by atoms with Crippen molar-refractivity contribution >= 4 is 11.8 Å². The van der Waals surface area contributed by atoms with Gasteiger partial charge in [-0.25, -0.2) is 4.79 Å². The van der Waals surface area contributed by atoms with Crippen LogP contribution in [0.4, 0.5) is 0 Å². The van der Waals surface area contributed by atoms with Gasteiger partial charge in [0.2, 0.25) is 0 Å². The Morgan fingerprint density at radius 2 is 1.94 bits per heavy atom. The molecular formula is C28H34O4. The normalized spacial score (nSPS) is 35.9. The second-order valence-corrected chi connectivity index (χ2v) is 10.2. The number of carbonyl (C=O) groups excluding carboxylic acids is 2. The quantitative estimate of drug-likeness (QED) is 0.442. The van der Waals surface area contributed by atoms with Crippen molar-refractivity contribution in [1.29, 1.82) is 0 Å². The first-order valence-corrected chi connectivity index (χ1v) is 12.3. The lowest BCUT2D eigenvalue weighted by Gasteiger charge is -2.55. The highest BCUT2D eigenvalue weighted by molar-refractivity contribution is 5.91. The first-order valence-electron chi connectivity index (χ1n) is 12.3. The summed E-state index contributed by atoms with van der Waals surface area (Å²) in [6.45, 7) is 6.77. The molecule has 170 valence electrons. The summed E-state index contributed by atoms with van der Waals surface area (Å²) in [5.41, 5.74) is 2.68. The van der Waals surface area contributed by atoms with Gasteiger partial charge in [0.05, 0.1) is 0 Å². The fraction of sp³-hybridized carbons (Fsp3) is 0.571. The highest BCUT2D eigenvalue weighted by Crippen LogP contribution is 2.64. The van der Waals surface area contributed by atoms with E-state index in [1.807, 2.05) is 36.4 Å². The molecule has 1 aromatic rings. The number of fused-ring (bicyclic) bond motifs is 5. The minimum absolute atomic E-state index is 0.00758. The number of hydrogen-bond donors (Lipinski definition) is 0. The molecule has 0 bridgehead atoms. The molecule has 3 saturated carbocycles. The molecule has 0 spiro atoms. The summed E-state index contributed by atoms with van der Waals surface area (Å²) in [7, 11) is 0. The van der Waals surface area contributed by atoms with E-state index in [2.05, 4.69) is 13.5 Å². The number of benzene rings is 1. The van der Waals surface area contributed by atoms with Crippen molar-refractivity contribution in [3.8, 4) is 5.75 Å². The third kappa shape index (κ3) is 3.62. The Balaban J connectivity index is 1.31. The molecule has 0 saturated heterocycles. The number of ether oxygens (including phenoxy) is 2. The van der Waals surface area contributed by atoms with Crippen molar-refractivity contribution in [3.05, 3.63) is 54.1 Å². The van der Waals surface area contributed by atoms with Crippen molar-refractivity contribution in [2.45, 2.75) is 64.4 Å². The summed E-state index contributed by atoms with van der Waals surface area (Å²) in [5.74, 6) is 2.85. The van der Waals surface area contributed by atoms with Crippen LogP contribution in [0.3, 0.4) is 0 Å². The molecule has 32 heavy (non-hydrogen) atoms. The minimum atomic E-state index is -0.278. The summed E-state index contributed by atoms with van der Waals surface area (Å²) >= 11 is 0. The predicted molar refractivity (Wildman–Crippen MR) is 123 cm³/mol. The molecule has 4 aliphatic rings. The standard InChI is InChI=1S/C28H34O4/c1-3-28-16-18(2)27-22-12-10-20(29)15-19(22)9-11-23(27)24(28)13-14-25(28)32-26(30)17-31-21-7-5-4-6-8-21/h4-8,15,22-25,27H,2-3,9-14,16-17H2,1H3. The van der Waals surface area contributed by atoms with Crippen LogP contribution in [0.15, 0.2) is 54.1 Å². The molecule has 0 aliphatic heterocycles. The van der Waals surface area contributed by atoms with Gasteiger partial charge in [0.25, 0.3) is 0 Å². The molecule has 4 aliphatic carbocycles. The summed E-state index contributed by atoms with van der Waals surface area (Å²) in [6.07, 6.45) is 9.68. The first-order chi connectivity index (χ1) is 15.5. The number of allylic oxidation sites excluding steroid dienone is 2. The second kappa shape index (κ2) is 8.53. The van der Waals surface area contributed by atoms with Crippen LogP contribution in [0.1, 0.15) is 58.3 Å². The Hall–Kier alpha value is -2.36. The van der Waals surface area contributed by atoms with Crippen molar-refractivity contribution in [3.63, 3.8) is 0 Å². The number of esters is 1. The average Bonchev–Trinajstić information content (AvgIpc) is 3.16. The van der Waals surface area contributed by atoms with Crippen LogP contribution in [0.25, 0.3) is 0 Å². The Bertz CT molecular complexity index is 932. The van der Waals surface area contributed by atoms with Gasteiger partial charge in [0, 0.05) is 11.8 Å². The number of para-hydroxylation sites is 1. The number of carbonyl (C=O) groups is 2. The molecule has 5 rings (SSSR count). The van der Waals surface area contributed by atoms with E-state index in [-0.39, 0.29) is 24.1 Å². The molecule has 6 atom stereocenters. The van der Waals surface area contributed by atoms with E-state index >= 15 is 0 Å². The van der Waals surface area contributed by atoms with Gasteiger partial charge in [-0.05, 0) is 86.8 Å². The van der Waals surface area contributed by atoms with Crippen LogP contribution < -0.4 is 4.74 Å². The molecule has 0 aromatic heterocycles. The molecule has 0 heterocycles. The van der Waals surface area contributed by atoms with E-state index < -0.39 is 0 Å². The maximum Gasteiger partial charge on any atom is 0.344 e. The Labute approximate surface area is 191 Å². The second-order valence-electron chi connectivity index (χ2n) is 10.2. The fourth-order valence-electron chi connectivity index (χ4n) is 7.60. The summed E-state index contributed by atoms with van der Waals surface area (Å²) < 4.78 is 11.7. The van der Waals surface area contributed by atoms with Crippen LogP contribution >= 0.6 is 0 Å². The van der Waals surface area contributed by atoms with Crippen LogP contribution in [-0.4, -0.2) is 24.5 Å². The van der Waals surface area contributed by atoms with E-state index in [0.717, 1.165) is 44.9 Å². The molecular weight excluding hydrogens is 400 g/mol.